The third-order valence-electron chi connectivity index (χ3n) is 1.72. The molecule has 0 aromatic carbocycles. The molecule has 0 fully saturated rings. The lowest BCUT2D eigenvalue weighted by molar-refractivity contribution is -0.355. The molecule has 14 heavy (non-hydrogen) atoms. The molecule has 1 heterocycles. The average Bonchev–Trinajstić information content (AvgIpc) is 2.47. The highest BCUT2D eigenvalue weighted by Crippen LogP contribution is 2.37. The normalized spacial score (nSPS) is 28.6. The van der Waals surface area contributed by atoms with E-state index in [1.165, 1.54) is 6.92 Å². The summed E-state index contributed by atoms with van der Waals surface area (Å²) in [6, 6.07) is 0. The lowest BCUT2D eigenvalue weighted by Gasteiger charge is -2.22. The summed E-state index contributed by atoms with van der Waals surface area (Å²) in [5.74, 6) is -3.31. The van der Waals surface area contributed by atoms with Crippen molar-refractivity contribution in [3.05, 3.63) is 0 Å². The van der Waals surface area contributed by atoms with Gasteiger partial charge >= 0.3 is 12.0 Å². The fourth-order valence-corrected chi connectivity index (χ4v) is 0.826. The molecular weight excluding hydrogens is 205 g/mol. The minimum absolute atomic E-state index is 0.134. The van der Waals surface area contributed by atoms with Crippen LogP contribution in [0.5, 0.6) is 0 Å². The van der Waals surface area contributed by atoms with Crippen LogP contribution < -0.4 is 0 Å². The van der Waals surface area contributed by atoms with Gasteiger partial charge in [0.05, 0.1) is 6.42 Å². The summed E-state index contributed by atoms with van der Waals surface area (Å²) < 4.78 is 36.4. The lowest BCUT2D eigenvalue weighted by Crippen LogP contribution is -2.45. The molecule has 0 amide bonds. The SMILES string of the molecule is C/C(=N\O)C1=NOC(O)(C(F)(F)F)C1. The van der Waals surface area contributed by atoms with Crippen molar-refractivity contribution in [2.24, 2.45) is 10.3 Å². The molecule has 1 atom stereocenters. The molecule has 0 aliphatic carbocycles. The summed E-state index contributed by atoms with van der Waals surface area (Å²) in [6.45, 7) is 1.24. The van der Waals surface area contributed by atoms with Gasteiger partial charge in [-0.05, 0) is 6.92 Å². The van der Waals surface area contributed by atoms with Gasteiger partial charge in [-0.1, -0.05) is 10.3 Å². The van der Waals surface area contributed by atoms with E-state index >= 15 is 0 Å². The number of hydrogen-bond donors (Lipinski definition) is 2. The number of hydrogen-bond acceptors (Lipinski definition) is 5. The van der Waals surface area contributed by atoms with Crippen LogP contribution in [0, 0.1) is 0 Å². The number of alkyl halides is 3. The predicted molar refractivity (Wildman–Crippen MR) is 39.0 cm³/mol. The van der Waals surface area contributed by atoms with Crippen LogP contribution in [-0.2, 0) is 4.84 Å². The van der Waals surface area contributed by atoms with Gasteiger partial charge in [-0.25, -0.2) is 0 Å². The van der Waals surface area contributed by atoms with Crippen molar-refractivity contribution in [3.63, 3.8) is 0 Å². The molecule has 2 N–H and O–H groups in total. The molecule has 0 spiro atoms. The topological polar surface area (TPSA) is 74.4 Å². The van der Waals surface area contributed by atoms with Gasteiger partial charge in [-0.2, -0.15) is 13.2 Å². The van der Waals surface area contributed by atoms with Gasteiger partial charge in [0.2, 0.25) is 0 Å². The number of oxime groups is 2. The highest BCUT2D eigenvalue weighted by molar-refractivity contribution is 6.41. The maximum atomic E-state index is 12.1. The van der Waals surface area contributed by atoms with Crippen molar-refractivity contribution in [1.82, 2.24) is 0 Å². The predicted octanol–water partition coefficient (Wildman–Crippen LogP) is 0.864. The summed E-state index contributed by atoms with van der Waals surface area (Å²) in [7, 11) is 0. The van der Waals surface area contributed by atoms with Gasteiger partial charge < -0.3 is 15.2 Å². The van der Waals surface area contributed by atoms with Crippen LogP contribution in [-0.4, -0.2) is 33.7 Å². The maximum Gasteiger partial charge on any atom is 0.458 e. The Morgan fingerprint density at radius 2 is 2.21 bits per heavy atom. The van der Waals surface area contributed by atoms with Crippen molar-refractivity contribution >= 4 is 11.4 Å². The van der Waals surface area contributed by atoms with Gasteiger partial charge in [-0.3, -0.25) is 0 Å². The van der Waals surface area contributed by atoms with E-state index in [-0.39, 0.29) is 11.4 Å². The quantitative estimate of drug-likeness (QED) is 0.384. The Kier molecular flexibility index (Phi) is 2.40. The fourth-order valence-electron chi connectivity index (χ4n) is 0.826. The van der Waals surface area contributed by atoms with Crippen LogP contribution in [0.15, 0.2) is 10.3 Å². The first-order valence-electron chi connectivity index (χ1n) is 3.53. The second-order valence-corrected chi connectivity index (χ2v) is 2.77. The molecule has 1 aliphatic heterocycles. The zero-order chi connectivity index (χ0) is 11.0. The van der Waals surface area contributed by atoms with Gasteiger partial charge in [0.25, 0.3) is 0 Å². The Hall–Kier alpha value is -1.31. The monoisotopic (exact) mass is 212 g/mol. The second kappa shape index (κ2) is 3.12. The highest BCUT2D eigenvalue weighted by atomic mass is 19.4. The Bertz CT molecular complexity index is 299. The van der Waals surface area contributed by atoms with E-state index in [2.05, 4.69) is 15.1 Å². The van der Waals surface area contributed by atoms with E-state index in [1.807, 2.05) is 0 Å². The van der Waals surface area contributed by atoms with Gasteiger partial charge in [0.15, 0.2) is 0 Å². The molecular formula is C6H7F3N2O3. The number of halogens is 3. The van der Waals surface area contributed by atoms with E-state index in [9.17, 15) is 13.2 Å². The first kappa shape index (κ1) is 10.8. The standard InChI is InChI=1S/C6H7F3N2O3/c1-3(10-13)4-2-5(12,14-11-4)6(7,8)9/h12-13H,2H2,1H3/b10-3+. The van der Waals surface area contributed by atoms with E-state index in [0.717, 1.165) is 0 Å². The molecule has 8 heteroatoms. The van der Waals surface area contributed by atoms with E-state index in [1.54, 1.807) is 0 Å². The van der Waals surface area contributed by atoms with E-state index < -0.39 is 18.4 Å². The lowest BCUT2D eigenvalue weighted by atomic mass is 10.1. The molecule has 5 nitrogen and oxygen atoms in total. The Balaban J connectivity index is 2.81. The van der Waals surface area contributed by atoms with Crippen LogP contribution in [0.25, 0.3) is 0 Å². The van der Waals surface area contributed by atoms with Crippen molar-refractivity contribution in [2.75, 3.05) is 0 Å². The van der Waals surface area contributed by atoms with E-state index in [0.29, 0.717) is 0 Å². The Morgan fingerprint density at radius 1 is 1.64 bits per heavy atom. The Labute approximate surface area is 76.5 Å². The van der Waals surface area contributed by atoms with Gasteiger partial charge in [0, 0.05) is 0 Å². The number of nitrogens with zero attached hydrogens (tertiary/aromatic N) is 2. The number of aliphatic hydroxyl groups is 1. The zero-order valence-electron chi connectivity index (χ0n) is 7.04. The van der Waals surface area contributed by atoms with Gasteiger partial charge in [0.1, 0.15) is 11.4 Å². The molecule has 1 unspecified atom stereocenters. The molecule has 0 radical (unpaired) electrons. The van der Waals surface area contributed by atoms with Crippen LogP contribution in [0.3, 0.4) is 0 Å². The highest BCUT2D eigenvalue weighted by Gasteiger charge is 2.60. The fraction of sp³-hybridized carbons (Fsp3) is 0.667. The second-order valence-electron chi connectivity index (χ2n) is 2.77. The molecule has 1 rings (SSSR count). The number of rotatable bonds is 1. The first-order valence-corrected chi connectivity index (χ1v) is 3.53. The molecule has 0 aromatic rings. The molecule has 0 aromatic heterocycles. The third-order valence-corrected chi connectivity index (χ3v) is 1.72. The third kappa shape index (κ3) is 1.65. The van der Waals surface area contributed by atoms with Crippen molar-refractivity contribution in [2.45, 2.75) is 25.3 Å². The summed E-state index contributed by atoms with van der Waals surface area (Å²) >= 11 is 0. The summed E-state index contributed by atoms with van der Waals surface area (Å²) in [5, 5.41) is 22.8. The molecule has 0 saturated carbocycles. The molecule has 1 aliphatic rings. The molecule has 80 valence electrons. The Morgan fingerprint density at radius 3 is 2.57 bits per heavy atom. The minimum Gasteiger partial charge on any atom is -0.411 e. The molecule has 0 bridgehead atoms. The first-order chi connectivity index (χ1) is 6.30. The zero-order valence-corrected chi connectivity index (χ0v) is 7.04. The largest absolute Gasteiger partial charge is 0.458 e. The van der Waals surface area contributed by atoms with Crippen LogP contribution in [0.2, 0.25) is 0 Å². The maximum absolute atomic E-state index is 12.1. The average molecular weight is 212 g/mol. The summed E-state index contributed by atoms with van der Waals surface area (Å²) in [5.41, 5.74) is -0.377. The van der Waals surface area contributed by atoms with Crippen molar-refractivity contribution < 1.29 is 28.3 Å². The van der Waals surface area contributed by atoms with E-state index in [4.69, 9.17) is 10.3 Å². The van der Waals surface area contributed by atoms with Crippen LogP contribution >= 0.6 is 0 Å². The minimum atomic E-state index is -4.94. The van der Waals surface area contributed by atoms with Crippen molar-refractivity contribution in [3.8, 4) is 0 Å². The summed E-state index contributed by atoms with van der Waals surface area (Å²) in [6.07, 6.45) is -5.82. The van der Waals surface area contributed by atoms with Gasteiger partial charge in [-0.15, -0.1) is 0 Å². The summed E-state index contributed by atoms with van der Waals surface area (Å²) in [4.78, 5) is 3.87. The molecule has 0 saturated heterocycles. The van der Waals surface area contributed by atoms with Crippen LogP contribution in [0.1, 0.15) is 13.3 Å². The van der Waals surface area contributed by atoms with Crippen LogP contribution in [0.4, 0.5) is 13.2 Å². The van der Waals surface area contributed by atoms with Crippen molar-refractivity contribution in [1.29, 1.82) is 0 Å². The smallest absolute Gasteiger partial charge is 0.411 e.